The summed E-state index contributed by atoms with van der Waals surface area (Å²) < 4.78 is 102. The molecule has 0 saturated carbocycles. The number of nitrogens with zero attached hydrogens (tertiary/aromatic N) is 7. The normalized spacial score (nSPS) is 12.1. The predicted octanol–water partition coefficient (Wildman–Crippen LogP) is 1.06. The number of nitrogens with one attached hydrogen (secondary N) is 1. The molecule has 0 amide bonds. The molecule has 0 radical (unpaired) electrons. The third kappa shape index (κ3) is 11.3. The molecular formula is C34H25N11Na2O11S3. The third-order valence-corrected chi connectivity index (χ3v) is 11.1. The zero-order valence-corrected chi connectivity index (χ0v) is 37.9. The molecule has 0 unspecified atom stereocenters. The maximum absolute atomic E-state index is 13.1. The van der Waals surface area contributed by atoms with E-state index in [1.807, 2.05) is 0 Å². The van der Waals surface area contributed by atoms with Crippen LogP contribution in [0.1, 0.15) is 0 Å². The van der Waals surface area contributed by atoms with Crippen LogP contribution in [0.25, 0.3) is 10.8 Å². The Bertz CT molecular complexity index is 3100. The molecule has 0 aliphatic rings. The van der Waals surface area contributed by atoms with Crippen molar-refractivity contribution in [3.63, 3.8) is 0 Å². The van der Waals surface area contributed by atoms with E-state index in [4.69, 9.17) is 17.2 Å². The minimum Gasteiger partial charge on any atom is -0.744 e. The number of anilines is 4. The van der Waals surface area contributed by atoms with Crippen LogP contribution in [0.2, 0.25) is 0 Å². The number of nitro groups is 1. The summed E-state index contributed by atoms with van der Waals surface area (Å²) in [6.45, 7) is 0. The van der Waals surface area contributed by atoms with E-state index < -0.39 is 78.6 Å². The second-order valence-corrected chi connectivity index (χ2v) is 16.4. The smallest absolute Gasteiger partial charge is 0.744 e. The first-order valence-corrected chi connectivity index (χ1v) is 20.4. The van der Waals surface area contributed by atoms with Crippen LogP contribution in [0.4, 0.5) is 62.6 Å². The first kappa shape index (κ1) is 48.2. The van der Waals surface area contributed by atoms with E-state index in [1.165, 1.54) is 54.6 Å². The number of benzene rings is 6. The van der Waals surface area contributed by atoms with E-state index in [0.717, 1.165) is 24.3 Å². The fourth-order valence-corrected chi connectivity index (χ4v) is 7.59. The number of phenols is 1. The van der Waals surface area contributed by atoms with Gasteiger partial charge in [0.1, 0.15) is 37.3 Å². The van der Waals surface area contributed by atoms with Gasteiger partial charge < -0.3 is 31.4 Å². The Morgan fingerprint density at radius 3 is 1.59 bits per heavy atom. The Kier molecular flexibility index (Phi) is 15.1. The number of rotatable bonds is 12. The van der Waals surface area contributed by atoms with Crippen molar-refractivity contribution in [2.24, 2.45) is 30.7 Å². The zero-order chi connectivity index (χ0) is 42.9. The van der Waals surface area contributed by atoms with Gasteiger partial charge in [-0.3, -0.25) is 14.8 Å². The molecule has 302 valence electrons. The van der Waals surface area contributed by atoms with E-state index >= 15 is 0 Å². The monoisotopic (exact) mass is 905 g/mol. The first-order valence-electron chi connectivity index (χ1n) is 16.1. The zero-order valence-electron chi connectivity index (χ0n) is 31.4. The second kappa shape index (κ2) is 19.1. The molecule has 0 atom stereocenters. The van der Waals surface area contributed by atoms with Gasteiger partial charge in [-0.25, -0.2) is 25.3 Å². The van der Waals surface area contributed by atoms with Gasteiger partial charge in [0, 0.05) is 23.5 Å². The molecule has 6 rings (SSSR count). The standard InChI is InChI=1S/C34H27N11O11S3.2Na/c35-19-1-14-27(26(36)17-19)41-38-22-8-12-25(13-9-22)57(49,50)44-23-4-2-20(3-5-23)39-42-32-28(58(51,52)53)15-18-16-29(59(54,55)56)33(34(46)30(18)31(32)37)43-40-21-6-10-24(11-7-21)45(47)48;;/h1-17,44,46H,35-37H2,(H,51,52,53)(H,54,55,56);;/q;2*+1/p-2. The van der Waals surface area contributed by atoms with Crippen LogP contribution >= 0.6 is 0 Å². The van der Waals surface area contributed by atoms with Crippen LogP contribution in [0.5, 0.6) is 5.75 Å². The molecule has 8 N–H and O–H groups in total. The van der Waals surface area contributed by atoms with Crippen LogP contribution in [0.3, 0.4) is 0 Å². The molecule has 22 nitrogen and oxygen atoms in total. The molecule has 6 aromatic carbocycles. The van der Waals surface area contributed by atoms with Gasteiger partial charge >= 0.3 is 59.1 Å². The first-order chi connectivity index (χ1) is 27.7. The maximum Gasteiger partial charge on any atom is 1.00 e. The fraction of sp³-hybridized carbons (Fsp3) is 0. The summed E-state index contributed by atoms with van der Waals surface area (Å²) in [5.74, 6) is -1.08. The van der Waals surface area contributed by atoms with Crippen molar-refractivity contribution in [3.8, 4) is 5.75 Å². The maximum atomic E-state index is 13.1. The molecule has 0 heterocycles. The second-order valence-electron chi connectivity index (χ2n) is 12.1. The minimum absolute atomic E-state index is 0. The Morgan fingerprint density at radius 1 is 0.607 bits per heavy atom. The van der Waals surface area contributed by atoms with Gasteiger partial charge in [0.05, 0.1) is 53.4 Å². The number of hydrogen-bond acceptors (Lipinski definition) is 20. The van der Waals surface area contributed by atoms with Crippen molar-refractivity contribution >= 4 is 104 Å². The van der Waals surface area contributed by atoms with Gasteiger partial charge in [0.15, 0.2) is 5.75 Å². The molecule has 0 aliphatic heterocycles. The summed E-state index contributed by atoms with van der Waals surface area (Å²) in [6.07, 6.45) is 0. The van der Waals surface area contributed by atoms with Gasteiger partial charge in [0.2, 0.25) is 0 Å². The van der Waals surface area contributed by atoms with E-state index in [1.54, 1.807) is 12.1 Å². The Morgan fingerprint density at radius 2 is 1.08 bits per heavy atom. The molecule has 6 aromatic rings. The van der Waals surface area contributed by atoms with Crippen molar-refractivity contribution in [3.05, 3.63) is 113 Å². The summed E-state index contributed by atoms with van der Waals surface area (Å²) in [5, 5.41) is 44.3. The van der Waals surface area contributed by atoms with Crippen molar-refractivity contribution < 1.29 is 104 Å². The Balaban J connectivity index is 0.00000410. The number of phenolic OH excluding ortho intramolecular Hbond substituents is 1. The van der Waals surface area contributed by atoms with Crippen LogP contribution < -0.4 is 81.0 Å². The summed E-state index contributed by atoms with van der Waals surface area (Å²) in [6, 6.07) is 20.9. The van der Waals surface area contributed by atoms with Crippen LogP contribution in [-0.2, 0) is 30.3 Å². The number of nitro benzene ring substituents is 1. The molecule has 0 aromatic heterocycles. The summed E-state index contributed by atoms with van der Waals surface area (Å²) in [5.41, 5.74) is 16.5. The molecular weight excluding hydrogens is 881 g/mol. The Hall–Kier alpha value is -5.45. The molecule has 61 heavy (non-hydrogen) atoms. The number of non-ortho nitro benzene ring substituents is 1. The predicted molar refractivity (Wildman–Crippen MR) is 211 cm³/mol. The number of hydrogen-bond donors (Lipinski definition) is 5. The van der Waals surface area contributed by atoms with Gasteiger partial charge in [-0.05, 0) is 96.4 Å². The van der Waals surface area contributed by atoms with Crippen LogP contribution in [-0.4, -0.2) is 44.4 Å². The van der Waals surface area contributed by atoms with E-state index in [9.17, 15) is 49.6 Å². The van der Waals surface area contributed by atoms with E-state index in [2.05, 4.69) is 35.4 Å². The van der Waals surface area contributed by atoms with Gasteiger partial charge in [0.25, 0.3) is 15.7 Å². The van der Waals surface area contributed by atoms with Crippen molar-refractivity contribution in [2.75, 3.05) is 21.9 Å². The van der Waals surface area contributed by atoms with Gasteiger partial charge in [-0.2, -0.15) is 15.3 Å². The summed E-state index contributed by atoms with van der Waals surface area (Å²) in [7, 11) is -15.0. The van der Waals surface area contributed by atoms with Crippen LogP contribution in [0, 0.1) is 10.1 Å². The van der Waals surface area contributed by atoms with Crippen molar-refractivity contribution in [1.29, 1.82) is 0 Å². The molecule has 0 bridgehead atoms. The van der Waals surface area contributed by atoms with Gasteiger partial charge in [-0.1, -0.05) is 0 Å². The molecule has 0 aliphatic carbocycles. The summed E-state index contributed by atoms with van der Waals surface area (Å²) in [4.78, 5) is 7.87. The number of nitrogen functional groups attached to an aromatic ring is 3. The number of azo groups is 3. The van der Waals surface area contributed by atoms with E-state index in [0.29, 0.717) is 34.9 Å². The Labute approximate surface area is 390 Å². The minimum atomic E-state index is -5.45. The van der Waals surface area contributed by atoms with E-state index in [-0.39, 0.29) is 86.8 Å². The number of fused-ring (bicyclic) bond motifs is 1. The molecule has 0 saturated heterocycles. The average Bonchev–Trinajstić information content (AvgIpc) is 3.16. The van der Waals surface area contributed by atoms with Crippen molar-refractivity contribution in [2.45, 2.75) is 14.7 Å². The quantitative estimate of drug-likeness (QED) is 0.0286. The van der Waals surface area contributed by atoms with Crippen LogP contribution in [0.15, 0.2) is 149 Å². The fourth-order valence-electron chi connectivity index (χ4n) is 5.23. The number of aromatic hydroxyl groups is 1. The summed E-state index contributed by atoms with van der Waals surface area (Å²) >= 11 is 0. The van der Waals surface area contributed by atoms with Gasteiger partial charge in [-0.15, -0.1) is 15.3 Å². The molecule has 0 spiro atoms. The SMILES string of the molecule is Nc1ccc(N=Nc2ccc(S(=O)(=O)Nc3ccc(N=Nc4c(S(=O)(=O)[O-])cc5cc(S(=O)(=O)[O-])c(N=Nc6ccc([N+](=O)[O-])cc6)c(O)c5c4N)cc3)cc2)c(N)c1.[Na+].[Na+]. The molecule has 27 heteroatoms. The van der Waals surface area contributed by atoms with Crippen molar-refractivity contribution in [1.82, 2.24) is 0 Å². The molecule has 0 fully saturated rings. The number of sulfonamides is 1. The third-order valence-electron chi connectivity index (χ3n) is 8.04. The topological polar surface area (TPSA) is 376 Å². The number of nitrogens with two attached hydrogens (primary N) is 3. The average molecular weight is 906 g/mol. The largest absolute Gasteiger partial charge is 1.00 e.